The summed E-state index contributed by atoms with van der Waals surface area (Å²) < 4.78 is 2.51. The third kappa shape index (κ3) is 5.79. The summed E-state index contributed by atoms with van der Waals surface area (Å²) in [5, 5.41) is 7.55. The molecule has 3 nitrogen and oxygen atoms in total. The second-order valence-corrected chi connectivity index (χ2v) is 14.0. The Kier molecular flexibility index (Phi) is 8.07. The van der Waals surface area contributed by atoms with Crippen molar-refractivity contribution in [2.75, 3.05) is 0 Å². The lowest BCUT2D eigenvalue weighted by Crippen LogP contribution is -2.01. The number of benzene rings is 7. The van der Waals surface area contributed by atoms with E-state index in [0.717, 1.165) is 27.8 Å². The van der Waals surface area contributed by atoms with Crippen molar-refractivity contribution in [3.63, 3.8) is 0 Å². The van der Waals surface area contributed by atoms with E-state index in [1.165, 1.54) is 52.8 Å². The molecule has 0 aliphatic rings. The molecule has 9 rings (SSSR count). The van der Waals surface area contributed by atoms with Gasteiger partial charge in [0.2, 0.25) is 0 Å². The van der Waals surface area contributed by atoms with Gasteiger partial charge in [-0.25, -0.2) is 15.0 Å². The minimum atomic E-state index is 0.638. The van der Waals surface area contributed by atoms with E-state index in [2.05, 4.69) is 117 Å². The molecule has 4 heteroatoms. The summed E-state index contributed by atoms with van der Waals surface area (Å²) in [6, 6.07) is 53.4. The van der Waals surface area contributed by atoms with Crippen LogP contribution in [0.5, 0.6) is 0 Å². The van der Waals surface area contributed by atoms with Gasteiger partial charge in [-0.3, -0.25) is 0 Å². The number of hydrogen-bond acceptors (Lipinski definition) is 4. The molecule has 0 radical (unpaired) electrons. The van der Waals surface area contributed by atoms with E-state index < -0.39 is 0 Å². The number of hydrogen-bond donors (Lipinski definition) is 0. The van der Waals surface area contributed by atoms with E-state index in [4.69, 9.17) is 15.0 Å². The Hall–Kier alpha value is -6.49. The van der Waals surface area contributed by atoms with E-state index >= 15 is 0 Å². The standard InChI is InChI=1S/C48H33N3S/c1-3-32(22-21-31(2)46-49-47(35-14-6-4-7-15-35)51-48(50-46)36-16-8-5-9-17-36)40-19-12-20-44-45(40)42-30-38(27-28-43(42)52-44)37-26-25-34-24-23-33-13-10-11-18-39(33)41(34)29-37/h3-30H,1H2,2H3/b31-21+,32-22+. The second-order valence-electron chi connectivity index (χ2n) is 12.9. The molecule has 7 aromatic carbocycles. The van der Waals surface area contributed by atoms with E-state index in [1.807, 2.05) is 78.1 Å². The van der Waals surface area contributed by atoms with Gasteiger partial charge in [0.05, 0.1) is 0 Å². The Labute approximate surface area is 306 Å². The normalized spacial score (nSPS) is 12.2. The number of nitrogens with zero attached hydrogens (tertiary/aromatic N) is 3. The summed E-state index contributed by atoms with van der Waals surface area (Å²) in [5.74, 6) is 1.93. The molecule has 0 amide bonds. The van der Waals surface area contributed by atoms with Crippen molar-refractivity contribution in [1.29, 1.82) is 0 Å². The van der Waals surface area contributed by atoms with Crippen LogP contribution >= 0.6 is 11.3 Å². The maximum Gasteiger partial charge on any atom is 0.164 e. The van der Waals surface area contributed by atoms with Crippen LogP contribution in [0.25, 0.3) is 86.8 Å². The third-order valence-corrected chi connectivity index (χ3v) is 10.8. The van der Waals surface area contributed by atoms with Crippen molar-refractivity contribution in [2.24, 2.45) is 0 Å². The number of thiophene rings is 1. The highest BCUT2D eigenvalue weighted by Gasteiger charge is 2.14. The zero-order chi connectivity index (χ0) is 35.0. The summed E-state index contributed by atoms with van der Waals surface area (Å²) >= 11 is 1.83. The van der Waals surface area contributed by atoms with Gasteiger partial charge in [-0.1, -0.05) is 152 Å². The Balaban J connectivity index is 1.14. The van der Waals surface area contributed by atoms with E-state index in [-0.39, 0.29) is 0 Å². The fraction of sp³-hybridized carbons (Fsp3) is 0.0208. The van der Waals surface area contributed by atoms with Crippen molar-refractivity contribution in [1.82, 2.24) is 15.0 Å². The minimum Gasteiger partial charge on any atom is -0.209 e. The predicted molar refractivity (Wildman–Crippen MR) is 222 cm³/mol. The average molecular weight is 684 g/mol. The first-order chi connectivity index (χ1) is 25.6. The molecular formula is C48H33N3S. The van der Waals surface area contributed by atoms with Crippen LogP contribution < -0.4 is 0 Å². The first-order valence-corrected chi connectivity index (χ1v) is 18.2. The topological polar surface area (TPSA) is 38.7 Å². The van der Waals surface area contributed by atoms with Crippen LogP contribution in [-0.2, 0) is 0 Å². The Morgan fingerprint density at radius 3 is 1.85 bits per heavy atom. The molecule has 2 aromatic heterocycles. The smallest absolute Gasteiger partial charge is 0.164 e. The number of fused-ring (bicyclic) bond motifs is 6. The number of rotatable bonds is 7. The van der Waals surface area contributed by atoms with Crippen molar-refractivity contribution in [3.05, 3.63) is 188 Å². The van der Waals surface area contributed by atoms with Gasteiger partial charge in [-0.15, -0.1) is 11.3 Å². The van der Waals surface area contributed by atoms with Gasteiger partial charge in [0.25, 0.3) is 0 Å². The summed E-state index contributed by atoms with van der Waals surface area (Å²) in [4.78, 5) is 14.7. The van der Waals surface area contributed by atoms with Gasteiger partial charge in [-0.2, -0.15) is 0 Å². The molecule has 0 aliphatic heterocycles. The molecule has 0 saturated carbocycles. The SMILES string of the molecule is C=C/C(=C\C=C(/C)c1nc(-c2ccccc2)nc(-c2ccccc2)n1)c1cccc2sc3ccc(-c4ccc5ccc6ccccc6c5c4)cc3c12. The van der Waals surface area contributed by atoms with Gasteiger partial charge < -0.3 is 0 Å². The van der Waals surface area contributed by atoms with E-state index in [9.17, 15) is 0 Å². The van der Waals surface area contributed by atoms with Crippen LogP contribution in [0, 0.1) is 0 Å². The fourth-order valence-corrected chi connectivity index (χ4v) is 8.08. The van der Waals surface area contributed by atoms with Gasteiger partial charge in [-0.05, 0) is 80.6 Å². The van der Waals surface area contributed by atoms with Crippen molar-refractivity contribution in [2.45, 2.75) is 6.92 Å². The molecule has 0 spiro atoms. The first-order valence-electron chi connectivity index (χ1n) is 17.4. The molecule has 0 atom stereocenters. The lowest BCUT2D eigenvalue weighted by atomic mass is 9.95. The molecule has 0 aliphatic carbocycles. The fourth-order valence-electron chi connectivity index (χ4n) is 6.97. The zero-order valence-electron chi connectivity index (χ0n) is 28.6. The third-order valence-electron chi connectivity index (χ3n) is 9.67. The lowest BCUT2D eigenvalue weighted by molar-refractivity contribution is 1.03. The Bertz CT molecular complexity index is 2810. The molecule has 0 bridgehead atoms. The summed E-state index contributed by atoms with van der Waals surface area (Å²) in [6.07, 6.45) is 6.17. The molecular weight excluding hydrogens is 651 g/mol. The van der Waals surface area contributed by atoms with Crippen LogP contribution in [0.2, 0.25) is 0 Å². The molecule has 0 fully saturated rings. The minimum absolute atomic E-state index is 0.638. The highest BCUT2D eigenvalue weighted by molar-refractivity contribution is 7.25. The van der Waals surface area contributed by atoms with Gasteiger partial charge >= 0.3 is 0 Å². The van der Waals surface area contributed by atoms with E-state index in [1.54, 1.807) is 0 Å². The van der Waals surface area contributed by atoms with E-state index in [0.29, 0.717) is 17.5 Å². The van der Waals surface area contributed by atoms with Gasteiger partial charge in [0.15, 0.2) is 17.5 Å². The number of aromatic nitrogens is 3. The quantitative estimate of drug-likeness (QED) is 0.124. The maximum absolute atomic E-state index is 4.92. The predicted octanol–water partition coefficient (Wildman–Crippen LogP) is 13.2. The summed E-state index contributed by atoms with van der Waals surface area (Å²) in [5.41, 5.74) is 7.43. The van der Waals surface area contributed by atoms with Crippen LogP contribution in [0.15, 0.2) is 176 Å². The molecule has 246 valence electrons. The highest BCUT2D eigenvalue weighted by atomic mass is 32.1. The maximum atomic E-state index is 4.92. The molecule has 9 aromatic rings. The second kappa shape index (κ2) is 13.3. The van der Waals surface area contributed by atoms with Crippen LogP contribution in [0.1, 0.15) is 18.3 Å². The monoisotopic (exact) mass is 683 g/mol. The molecule has 0 unspecified atom stereocenters. The molecule has 2 heterocycles. The van der Waals surface area contributed by atoms with Gasteiger partial charge in [0.1, 0.15) is 0 Å². The first kappa shape index (κ1) is 31.5. The largest absolute Gasteiger partial charge is 0.209 e. The molecule has 0 saturated heterocycles. The van der Waals surface area contributed by atoms with Crippen LogP contribution in [-0.4, -0.2) is 15.0 Å². The Morgan fingerprint density at radius 2 is 1.13 bits per heavy atom. The average Bonchev–Trinajstić information content (AvgIpc) is 3.60. The van der Waals surface area contributed by atoms with Crippen LogP contribution in [0.3, 0.4) is 0 Å². The van der Waals surface area contributed by atoms with Gasteiger partial charge in [0, 0.05) is 31.3 Å². The number of allylic oxidation sites excluding steroid dienone is 5. The van der Waals surface area contributed by atoms with Crippen LogP contribution in [0.4, 0.5) is 0 Å². The summed E-state index contributed by atoms with van der Waals surface area (Å²) in [6.45, 7) is 6.30. The zero-order valence-corrected chi connectivity index (χ0v) is 29.4. The van der Waals surface area contributed by atoms with Crippen molar-refractivity contribution < 1.29 is 0 Å². The lowest BCUT2D eigenvalue weighted by Gasteiger charge is -2.09. The molecule has 52 heavy (non-hydrogen) atoms. The van der Waals surface area contributed by atoms with Crippen molar-refractivity contribution >= 4 is 64.2 Å². The highest BCUT2D eigenvalue weighted by Crippen LogP contribution is 2.41. The van der Waals surface area contributed by atoms with Crippen molar-refractivity contribution in [3.8, 4) is 33.9 Å². The summed E-state index contributed by atoms with van der Waals surface area (Å²) in [7, 11) is 0. The molecule has 0 N–H and O–H groups in total. The Morgan fingerprint density at radius 1 is 0.519 bits per heavy atom.